The third-order valence-corrected chi connectivity index (χ3v) is 4.57. The molecule has 1 aromatic carbocycles. The van der Waals surface area contributed by atoms with Crippen molar-refractivity contribution in [2.75, 3.05) is 0 Å². The highest BCUT2D eigenvalue weighted by atomic mass is 16.1. The Balaban J connectivity index is 1.54. The maximum Gasteiger partial charge on any atom is 0.257 e. The van der Waals surface area contributed by atoms with Crippen LogP contribution in [0.2, 0.25) is 0 Å². The van der Waals surface area contributed by atoms with Crippen LogP contribution in [0.4, 0.5) is 0 Å². The first-order valence-corrected chi connectivity index (χ1v) is 7.89. The highest BCUT2D eigenvalue weighted by molar-refractivity contribution is 5.99. The van der Waals surface area contributed by atoms with Crippen LogP contribution in [0.1, 0.15) is 40.4 Å². The molecule has 1 aliphatic carbocycles. The van der Waals surface area contributed by atoms with E-state index in [9.17, 15) is 4.79 Å². The second kappa shape index (κ2) is 5.50. The molecule has 2 aromatic heterocycles. The molecule has 5 nitrogen and oxygen atoms in total. The fourth-order valence-corrected chi connectivity index (χ4v) is 3.14. The van der Waals surface area contributed by atoms with Crippen molar-refractivity contribution in [2.45, 2.75) is 31.7 Å². The predicted octanol–water partition coefficient (Wildman–Crippen LogP) is 2.71. The molecule has 2 heterocycles. The molecule has 0 unspecified atom stereocenters. The van der Waals surface area contributed by atoms with Crippen molar-refractivity contribution in [1.29, 1.82) is 0 Å². The van der Waals surface area contributed by atoms with Gasteiger partial charge < -0.3 is 5.32 Å². The number of carbonyl (C=O) groups excluding carboxylic acids is 1. The summed E-state index contributed by atoms with van der Waals surface area (Å²) in [5, 5.41) is 7.35. The molecule has 1 saturated carbocycles. The van der Waals surface area contributed by atoms with Gasteiger partial charge in [0.2, 0.25) is 0 Å². The van der Waals surface area contributed by atoms with Crippen molar-refractivity contribution in [3.63, 3.8) is 0 Å². The zero-order valence-electron chi connectivity index (χ0n) is 12.9. The van der Waals surface area contributed by atoms with Crippen LogP contribution < -0.4 is 5.32 Å². The summed E-state index contributed by atoms with van der Waals surface area (Å²) in [6, 6.07) is 12.4. The first-order valence-electron chi connectivity index (χ1n) is 7.89. The van der Waals surface area contributed by atoms with Gasteiger partial charge in [-0.15, -0.1) is 0 Å². The molecule has 4 rings (SSSR count). The van der Waals surface area contributed by atoms with Gasteiger partial charge in [-0.25, -0.2) is 9.50 Å². The van der Waals surface area contributed by atoms with E-state index in [1.165, 1.54) is 5.56 Å². The van der Waals surface area contributed by atoms with Crippen LogP contribution in [-0.4, -0.2) is 26.5 Å². The smallest absolute Gasteiger partial charge is 0.257 e. The second-order valence-electron chi connectivity index (χ2n) is 6.07. The standard InChI is InChI=1S/C18H18N4O/c1-12-9-10-22-17(20-12)15(11-19-22)18(23)21-16-8-7-14(16)13-5-3-2-4-6-13/h2-6,9-11,14,16H,7-8H2,1H3,(H,21,23)/t14-,16+/m1/s1. The minimum absolute atomic E-state index is 0.0938. The molecule has 1 amide bonds. The Bertz CT molecular complexity index is 856. The highest BCUT2D eigenvalue weighted by Gasteiger charge is 2.33. The summed E-state index contributed by atoms with van der Waals surface area (Å²) in [7, 11) is 0. The minimum Gasteiger partial charge on any atom is -0.349 e. The molecule has 23 heavy (non-hydrogen) atoms. The Kier molecular flexibility index (Phi) is 3.33. The Morgan fingerprint density at radius 1 is 1.22 bits per heavy atom. The van der Waals surface area contributed by atoms with Crippen LogP contribution in [0.25, 0.3) is 5.65 Å². The molecule has 2 atom stereocenters. The quantitative estimate of drug-likeness (QED) is 0.809. The van der Waals surface area contributed by atoms with E-state index in [-0.39, 0.29) is 11.9 Å². The Morgan fingerprint density at radius 2 is 2.04 bits per heavy atom. The molecule has 0 saturated heterocycles. The molecular weight excluding hydrogens is 288 g/mol. The van der Waals surface area contributed by atoms with Crippen LogP contribution in [0.15, 0.2) is 48.8 Å². The maximum absolute atomic E-state index is 12.6. The largest absolute Gasteiger partial charge is 0.349 e. The maximum atomic E-state index is 12.6. The van der Waals surface area contributed by atoms with Crippen LogP contribution in [0.5, 0.6) is 0 Å². The summed E-state index contributed by atoms with van der Waals surface area (Å²) in [5.41, 5.74) is 3.31. The number of fused-ring (bicyclic) bond motifs is 1. The molecule has 0 radical (unpaired) electrons. The van der Waals surface area contributed by atoms with E-state index in [0.717, 1.165) is 18.5 Å². The fourth-order valence-electron chi connectivity index (χ4n) is 3.14. The molecule has 3 aromatic rings. The molecule has 1 fully saturated rings. The van der Waals surface area contributed by atoms with Gasteiger partial charge in [0.25, 0.3) is 5.91 Å². The van der Waals surface area contributed by atoms with Gasteiger partial charge in [-0.2, -0.15) is 5.10 Å². The number of hydrogen-bond donors (Lipinski definition) is 1. The molecular formula is C18H18N4O. The van der Waals surface area contributed by atoms with Crippen molar-refractivity contribution in [3.8, 4) is 0 Å². The molecule has 116 valence electrons. The Morgan fingerprint density at radius 3 is 2.78 bits per heavy atom. The molecule has 0 spiro atoms. The van der Waals surface area contributed by atoms with Crippen molar-refractivity contribution >= 4 is 11.6 Å². The zero-order valence-corrected chi connectivity index (χ0v) is 12.9. The van der Waals surface area contributed by atoms with Crippen LogP contribution in [0, 0.1) is 6.92 Å². The minimum atomic E-state index is -0.0938. The SMILES string of the molecule is Cc1ccn2ncc(C(=O)N[C@H]3CC[C@@H]3c3ccccc3)c2n1. The predicted molar refractivity (Wildman–Crippen MR) is 87.4 cm³/mol. The summed E-state index contributed by atoms with van der Waals surface area (Å²) in [4.78, 5) is 17.0. The number of nitrogens with zero attached hydrogens (tertiary/aromatic N) is 3. The van der Waals surface area contributed by atoms with E-state index in [2.05, 4.69) is 27.5 Å². The van der Waals surface area contributed by atoms with Gasteiger partial charge in [0.15, 0.2) is 5.65 Å². The Hall–Kier alpha value is -2.69. The number of carbonyl (C=O) groups is 1. The number of hydrogen-bond acceptors (Lipinski definition) is 3. The lowest BCUT2D eigenvalue weighted by molar-refractivity contribution is 0.0906. The number of amides is 1. The van der Waals surface area contributed by atoms with Crippen molar-refractivity contribution in [1.82, 2.24) is 19.9 Å². The molecule has 1 N–H and O–H groups in total. The summed E-state index contributed by atoms with van der Waals surface area (Å²) >= 11 is 0. The first kappa shape index (κ1) is 13.9. The lowest BCUT2D eigenvalue weighted by atomic mass is 9.75. The van der Waals surface area contributed by atoms with Gasteiger partial charge in [0.1, 0.15) is 5.56 Å². The first-order chi connectivity index (χ1) is 11.2. The van der Waals surface area contributed by atoms with Gasteiger partial charge in [-0.05, 0) is 31.4 Å². The topological polar surface area (TPSA) is 59.3 Å². The highest BCUT2D eigenvalue weighted by Crippen LogP contribution is 2.36. The molecule has 0 bridgehead atoms. The number of nitrogens with one attached hydrogen (secondary N) is 1. The fraction of sp³-hybridized carbons (Fsp3) is 0.278. The molecule has 0 aliphatic heterocycles. The van der Waals surface area contributed by atoms with E-state index in [1.807, 2.05) is 37.4 Å². The lowest BCUT2D eigenvalue weighted by Crippen LogP contribution is -2.45. The summed E-state index contributed by atoms with van der Waals surface area (Å²) in [6.07, 6.45) is 5.54. The van der Waals surface area contributed by atoms with E-state index >= 15 is 0 Å². The third-order valence-electron chi connectivity index (χ3n) is 4.57. The van der Waals surface area contributed by atoms with Crippen molar-refractivity contribution in [3.05, 3.63) is 65.6 Å². The third kappa shape index (κ3) is 2.48. The normalized spacial score (nSPS) is 20.2. The van der Waals surface area contributed by atoms with E-state index in [0.29, 0.717) is 17.1 Å². The van der Waals surface area contributed by atoms with E-state index < -0.39 is 0 Å². The average Bonchev–Trinajstić information content (AvgIpc) is 2.95. The number of aryl methyl sites for hydroxylation is 1. The van der Waals surface area contributed by atoms with E-state index in [4.69, 9.17) is 0 Å². The average molecular weight is 306 g/mol. The Labute approximate surface area is 134 Å². The van der Waals surface area contributed by atoms with Gasteiger partial charge >= 0.3 is 0 Å². The number of benzene rings is 1. The van der Waals surface area contributed by atoms with Crippen LogP contribution in [0.3, 0.4) is 0 Å². The van der Waals surface area contributed by atoms with Crippen molar-refractivity contribution < 1.29 is 4.79 Å². The monoisotopic (exact) mass is 306 g/mol. The lowest BCUT2D eigenvalue weighted by Gasteiger charge is -2.37. The van der Waals surface area contributed by atoms with Gasteiger partial charge in [-0.1, -0.05) is 30.3 Å². The summed E-state index contributed by atoms with van der Waals surface area (Å²) in [6.45, 7) is 1.91. The van der Waals surface area contributed by atoms with Gasteiger partial charge in [-0.3, -0.25) is 4.79 Å². The summed E-state index contributed by atoms with van der Waals surface area (Å²) in [5.74, 6) is 0.306. The molecule has 1 aliphatic rings. The molecule has 5 heteroatoms. The zero-order chi connectivity index (χ0) is 15.8. The van der Waals surface area contributed by atoms with Crippen LogP contribution in [-0.2, 0) is 0 Å². The van der Waals surface area contributed by atoms with Gasteiger partial charge in [0, 0.05) is 23.9 Å². The van der Waals surface area contributed by atoms with E-state index in [1.54, 1.807) is 10.7 Å². The number of rotatable bonds is 3. The van der Waals surface area contributed by atoms with Crippen molar-refractivity contribution in [2.24, 2.45) is 0 Å². The van der Waals surface area contributed by atoms with Gasteiger partial charge in [0.05, 0.1) is 6.20 Å². The number of aromatic nitrogens is 3. The second-order valence-corrected chi connectivity index (χ2v) is 6.07. The summed E-state index contributed by atoms with van der Waals surface area (Å²) < 4.78 is 1.64. The van der Waals surface area contributed by atoms with Crippen LogP contribution >= 0.6 is 0 Å².